The first-order chi connectivity index (χ1) is 18.3. The molecule has 4 heterocycles. The number of ether oxygens (including phenoxy) is 2. The van der Waals surface area contributed by atoms with Gasteiger partial charge in [0.15, 0.2) is 0 Å². The number of carbonyl (C=O) groups is 2. The first-order valence-electron chi connectivity index (χ1n) is 12.4. The molecule has 0 radical (unpaired) electrons. The number of piperazine rings is 1. The van der Waals surface area contributed by atoms with Crippen LogP contribution in [0.1, 0.15) is 20.8 Å². The summed E-state index contributed by atoms with van der Waals surface area (Å²) in [6.45, 7) is 7.16. The van der Waals surface area contributed by atoms with Crippen LogP contribution in [0.4, 0.5) is 16.3 Å². The molecule has 1 aliphatic heterocycles. The summed E-state index contributed by atoms with van der Waals surface area (Å²) >= 11 is 0. The summed E-state index contributed by atoms with van der Waals surface area (Å²) in [7, 11) is 1.57. The minimum Gasteiger partial charge on any atom is -0.497 e. The second-order valence-electron chi connectivity index (χ2n) is 9.42. The van der Waals surface area contributed by atoms with E-state index in [2.05, 4.69) is 34.0 Å². The second-order valence-corrected chi connectivity index (χ2v) is 9.42. The molecule has 10 heteroatoms. The van der Waals surface area contributed by atoms with E-state index < -0.39 is 6.09 Å². The van der Waals surface area contributed by atoms with Crippen molar-refractivity contribution in [2.45, 2.75) is 32.9 Å². The highest BCUT2D eigenvalue weighted by Gasteiger charge is 2.31. The number of pyridine rings is 2. The Morgan fingerprint density at radius 1 is 1.05 bits per heavy atom. The number of aromatic nitrogens is 3. The van der Waals surface area contributed by atoms with Gasteiger partial charge >= 0.3 is 6.09 Å². The summed E-state index contributed by atoms with van der Waals surface area (Å²) in [4.78, 5) is 41.2. The monoisotopic (exact) mass is 514 g/mol. The third-order valence-corrected chi connectivity index (χ3v) is 6.66. The number of anilines is 2. The minimum atomic E-state index is -0.624. The van der Waals surface area contributed by atoms with Crippen LogP contribution in [0.2, 0.25) is 0 Å². The lowest BCUT2D eigenvalue weighted by Crippen LogP contribution is -2.58. The molecule has 38 heavy (non-hydrogen) atoms. The van der Waals surface area contributed by atoms with Crippen LogP contribution in [-0.2, 0) is 4.79 Å². The number of fused-ring (bicyclic) bond motifs is 1. The Hall–Kier alpha value is -4.60. The highest BCUT2D eigenvalue weighted by atomic mass is 16.6. The number of amides is 2. The number of carbonyl (C=O) groups excluding carboxylic acids is 2. The van der Waals surface area contributed by atoms with Gasteiger partial charge in [-0.2, -0.15) is 0 Å². The first kappa shape index (κ1) is 25.1. The van der Waals surface area contributed by atoms with Crippen LogP contribution in [0, 0.1) is 0 Å². The Kier molecular flexibility index (Phi) is 6.87. The van der Waals surface area contributed by atoms with Gasteiger partial charge in [-0.1, -0.05) is 6.07 Å². The maximum atomic E-state index is 12.5. The number of nitrogens with zero attached hydrogens (tertiary/aromatic N) is 4. The summed E-state index contributed by atoms with van der Waals surface area (Å²) in [6, 6.07) is 14.7. The van der Waals surface area contributed by atoms with Crippen LogP contribution in [0.15, 0.2) is 60.9 Å². The summed E-state index contributed by atoms with van der Waals surface area (Å²) in [5.41, 5.74) is 2.82. The number of H-pyrrole nitrogens is 1. The van der Waals surface area contributed by atoms with Crippen molar-refractivity contribution in [2.75, 3.05) is 30.4 Å². The van der Waals surface area contributed by atoms with Gasteiger partial charge in [0.2, 0.25) is 5.91 Å². The molecule has 0 spiro atoms. The zero-order chi connectivity index (χ0) is 26.8. The summed E-state index contributed by atoms with van der Waals surface area (Å²) in [5.74, 6) is 2.01. The average Bonchev–Trinajstić information content (AvgIpc) is 3.32. The van der Waals surface area contributed by atoms with Crippen LogP contribution in [0.3, 0.4) is 0 Å². The van der Waals surface area contributed by atoms with Crippen molar-refractivity contribution in [1.29, 1.82) is 0 Å². The SMILES string of the molecule is COc1ccc(OC(=O)Nc2cnc3[nH]cc(-c4cccc(N5C[C@@H](C)N(C(C)=O)[C@@H](C)C5)n4)c3c2)cc1. The van der Waals surface area contributed by atoms with Crippen molar-refractivity contribution < 1.29 is 19.1 Å². The van der Waals surface area contributed by atoms with Gasteiger partial charge in [-0.25, -0.2) is 14.8 Å². The molecule has 1 aromatic carbocycles. The smallest absolute Gasteiger partial charge is 0.417 e. The van der Waals surface area contributed by atoms with Crippen molar-refractivity contribution >= 4 is 34.5 Å². The fourth-order valence-electron chi connectivity index (χ4n) is 5.06. The van der Waals surface area contributed by atoms with Crippen molar-refractivity contribution in [1.82, 2.24) is 19.9 Å². The predicted octanol–water partition coefficient (Wildman–Crippen LogP) is 4.69. The van der Waals surface area contributed by atoms with E-state index in [0.717, 1.165) is 22.5 Å². The Bertz CT molecular complexity index is 1460. The lowest BCUT2D eigenvalue weighted by atomic mass is 10.1. The fraction of sp³-hybridized carbons (Fsp3) is 0.286. The van der Waals surface area contributed by atoms with E-state index in [1.165, 1.54) is 0 Å². The van der Waals surface area contributed by atoms with Crippen molar-refractivity contribution in [3.8, 4) is 22.8 Å². The van der Waals surface area contributed by atoms with Crippen LogP contribution in [-0.4, -0.2) is 64.1 Å². The number of benzene rings is 1. The van der Waals surface area contributed by atoms with Gasteiger partial charge in [0.1, 0.15) is 23.0 Å². The zero-order valence-electron chi connectivity index (χ0n) is 21.8. The molecule has 0 unspecified atom stereocenters. The second kappa shape index (κ2) is 10.4. The fourth-order valence-corrected chi connectivity index (χ4v) is 5.06. The molecule has 3 aromatic heterocycles. The maximum absolute atomic E-state index is 12.5. The third kappa shape index (κ3) is 5.10. The molecule has 0 saturated carbocycles. The van der Waals surface area contributed by atoms with E-state index in [1.807, 2.05) is 35.4 Å². The molecule has 1 aliphatic rings. The largest absolute Gasteiger partial charge is 0.497 e. The van der Waals surface area contributed by atoms with Gasteiger partial charge in [0, 0.05) is 49.2 Å². The van der Waals surface area contributed by atoms with Gasteiger partial charge in [0.25, 0.3) is 0 Å². The lowest BCUT2D eigenvalue weighted by Gasteiger charge is -2.44. The standard InChI is InChI=1S/C28H30N6O4/c1-17-15-33(16-18(2)34(17)19(3)35)26-7-5-6-25(32-26)24-14-30-27-23(24)12-20(13-29-27)31-28(36)38-22-10-8-21(37-4)9-11-22/h5-14,17-18H,15-16H2,1-4H3,(H,29,30)(H,31,36)/t17-,18+. The van der Waals surface area contributed by atoms with Crippen LogP contribution in [0.25, 0.3) is 22.3 Å². The first-order valence-corrected chi connectivity index (χ1v) is 12.4. The molecule has 0 aliphatic carbocycles. The molecule has 5 rings (SSSR count). The molecular formula is C28H30N6O4. The quantitative estimate of drug-likeness (QED) is 0.397. The molecule has 1 fully saturated rings. The Morgan fingerprint density at radius 2 is 1.76 bits per heavy atom. The highest BCUT2D eigenvalue weighted by molar-refractivity contribution is 5.96. The molecule has 196 valence electrons. The van der Waals surface area contributed by atoms with Crippen molar-refractivity contribution in [3.05, 3.63) is 60.9 Å². The maximum Gasteiger partial charge on any atom is 0.417 e. The molecule has 2 atom stereocenters. The van der Waals surface area contributed by atoms with E-state index in [-0.39, 0.29) is 18.0 Å². The number of aromatic amines is 1. The highest BCUT2D eigenvalue weighted by Crippen LogP contribution is 2.30. The molecule has 1 saturated heterocycles. The predicted molar refractivity (Wildman–Crippen MR) is 146 cm³/mol. The van der Waals surface area contributed by atoms with E-state index in [1.54, 1.807) is 44.5 Å². The average molecular weight is 515 g/mol. The molecular weight excluding hydrogens is 484 g/mol. The van der Waals surface area contributed by atoms with Gasteiger partial charge < -0.3 is 24.3 Å². The zero-order valence-corrected chi connectivity index (χ0v) is 21.8. The summed E-state index contributed by atoms with van der Waals surface area (Å²) in [6.07, 6.45) is 2.81. The molecule has 4 aromatic rings. The molecule has 2 amide bonds. The van der Waals surface area contributed by atoms with Crippen LogP contribution in [0.5, 0.6) is 11.5 Å². The molecule has 10 nitrogen and oxygen atoms in total. The van der Waals surface area contributed by atoms with Gasteiger partial charge in [-0.05, 0) is 56.3 Å². The molecule has 2 N–H and O–H groups in total. The third-order valence-electron chi connectivity index (χ3n) is 6.66. The van der Waals surface area contributed by atoms with Crippen molar-refractivity contribution in [2.24, 2.45) is 0 Å². The van der Waals surface area contributed by atoms with Crippen molar-refractivity contribution in [3.63, 3.8) is 0 Å². The number of nitrogens with one attached hydrogen (secondary N) is 2. The number of rotatable bonds is 5. The van der Waals surface area contributed by atoms with Gasteiger partial charge in [-0.3, -0.25) is 10.1 Å². The summed E-state index contributed by atoms with van der Waals surface area (Å²) in [5, 5.41) is 3.56. The Balaban J connectivity index is 1.35. The van der Waals surface area contributed by atoms with E-state index >= 15 is 0 Å². The summed E-state index contributed by atoms with van der Waals surface area (Å²) < 4.78 is 10.5. The molecule has 0 bridgehead atoms. The Labute approximate surface area is 220 Å². The van der Waals surface area contributed by atoms with E-state index in [9.17, 15) is 9.59 Å². The van der Waals surface area contributed by atoms with E-state index in [0.29, 0.717) is 35.9 Å². The lowest BCUT2D eigenvalue weighted by molar-refractivity contribution is -0.133. The van der Waals surface area contributed by atoms with Crippen LogP contribution < -0.4 is 19.7 Å². The Morgan fingerprint density at radius 3 is 2.45 bits per heavy atom. The number of hydrogen-bond donors (Lipinski definition) is 2. The minimum absolute atomic E-state index is 0.0882. The van der Waals surface area contributed by atoms with E-state index in [4.69, 9.17) is 14.5 Å². The van der Waals surface area contributed by atoms with Gasteiger partial charge in [0.05, 0.1) is 24.7 Å². The van der Waals surface area contributed by atoms with Crippen LogP contribution >= 0.6 is 0 Å². The number of methoxy groups -OCH3 is 1. The topological polar surface area (TPSA) is 113 Å². The normalized spacial score (nSPS) is 17.4. The van der Waals surface area contributed by atoms with Gasteiger partial charge in [-0.15, -0.1) is 0 Å². The number of hydrogen-bond acceptors (Lipinski definition) is 7.